The van der Waals surface area contributed by atoms with Crippen LogP contribution in [0.3, 0.4) is 0 Å². The van der Waals surface area contributed by atoms with Crippen LogP contribution in [0.5, 0.6) is 0 Å². The second-order valence-electron chi connectivity index (χ2n) is 14.6. The molecule has 0 heterocycles. The molecule has 8 atom stereocenters. The normalized spacial score (nSPS) is 38.4. The Bertz CT molecular complexity index is 797. The first-order chi connectivity index (χ1) is 18.2. The van der Waals surface area contributed by atoms with Crippen molar-refractivity contribution in [3.05, 3.63) is 0 Å². The minimum Gasteiger partial charge on any atom is -0.393 e. The van der Waals surface area contributed by atoms with Gasteiger partial charge in [-0.2, -0.15) is 0 Å². The lowest BCUT2D eigenvalue weighted by atomic mass is 9.42. The molecule has 38 heavy (non-hydrogen) atoms. The molecule has 1 N–H and O–H groups in total. The van der Waals surface area contributed by atoms with E-state index in [9.17, 15) is 14.7 Å². The molecule has 0 bridgehead atoms. The first-order valence-electron chi connectivity index (χ1n) is 16.6. The highest BCUT2D eigenvalue weighted by atomic mass is 16.3. The Balaban J connectivity index is 1.23. The van der Waals surface area contributed by atoms with Crippen molar-refractivity contribution in [1.82, 2.24) is 4.90 Å². The zero-order valence-corrected chi connectivity index (χ0v) is 25.3. The number of aliphatic hydroxyl groups excluding tert-OH is 1. The van der Waals surface area contributed by atoms with Crippen LogP contribution in [0, 0.1) is 40.4 Å². The molecule has 0 aromatic rings. The predicted molar refractivity (Wildman–Crippen MR) is 156 cm³/mol. The topological polar surface area (TPSA) is 57.6 Å². The first-order valence-corrected chi connectivity index (χ1v) is 16.6. The number of hydrogen-bond acceptors (Lipinski definition) is 3. The summed E-state index contributed by atoms with van der Waals surface area (Å²) < 4.78 is 0. The lowest BCUT2D eigenvalue weighted by molar-refractivity contribution is -0.159. The highest BCUT2D eigenvalue weighted by Crippen LogP contribution is 2.68. The van der Waals surface area contributed by atoms with Gasteiger partial charge in [0.15, 0.2) is 0 Å². The number of rotatable bonds is 13. The number of amides is 1. The summed E-state index contributed by atoms with van der Waals surface area (Å²) in [5.74, 6) is 4.33. The number of Topliss-reactive ketones (excluding diaryl/α,β-unsaturated/α-hetero) is 1. The highest BCUT2D eigenvalue weighted by molar-refractivity contribution is 5.79. The third-order valence-corrected chi connectivity index (χ3v) is 12.2. The molecule has 0 spiro atoms. The second kappa shape index (κ2) is 13.2. The van der Waals surface area contributed by atoms with E-state index in [4.69, 9.17) is 0 Å². The molecule has 0 aromatic carbocycles. The van der Waals surface area contributed by atoms with E-state index < -0.39 is 0 Å². The van der Waals surface area contributed by atoms with Crippen molar-refractivity contribution in [2.75, 3.05) is 13.6 Å². The van der Waals surface area contributed by atoms with Gasteiger partial charge in [-0.05, 0) is 91.8 Å². The molecule has 0 aromatic heterocycles. The second-order valence-corrected chi connectivity index (χ2v) is 14.6. The molecule has 4 nitrogen and oxygen atoms in total. The maximum atomic E-state index is 12.4. The molecular weight excluding hydrogens is 470 g/mol. The van der Waals surface area contributed by atoms with E-state index in [1.54, 1.807) is 0 Å². The van der Waals surface area contributed by atoms with Crippen molar-refractivity contribution >= 4 is 11.7 Å². The van der Waals surface area contributed by atoms with Gasteiger partial charge in [0.1, 0.15) is 5.78 Å². The van der Waals surface area contributed by atoms with Gasteiger partial charge in [-0.15, -0.1) is 0 Å². The summed E-state index contributed by atoms with van der Waals surface area (Å²) in [6.45, 7) is 8.05. The molecule has 3 unspecified atom stereocenters. The third kappa shape index (κ3) is 6.36. The van der Waals surface area contributed by atoms with E-state index in [2.05, 4.69) is 20.8 Å². The fourth-order valence-corrected chi connectivity index (χ4v) is 9.98. The van der Waals surface area contributed by atoms with Gasteiger partial charge in [0.05, 0.1) is 6.10 Å². The smallest absolute Gasteiger partial charge is 0.222 e. The van der Waals surface area contributed by atoms with Gasteiger partial charge in [-0.3, -0.25) is 9.59 Å². The van der Waals surface area contributed by atoms with Crippen LogP contribution in [0.25, 0.3) is 0 Å². The van der Waals surface area contributed by atoms with E-state index >= 15 is 0 Å². The van der Waals surface area contributed by atoms with Crippen molar-refractivity contribution in [3.63, 3.8) is 0 Å². The average Bonchev–Trinajstić information content (AvgIpc) is 3.19. The quantitative estimate of drug-likeness (QED) is 0.246. The van der Waals surface area contributed by atoms with Crippen LogP contribution in [0.4, 0.5) is 0 Å². The number of hydrogen-bond donors (Lipinski definition) is 1. The lowest BCUT2D eigenvalue weighted by Crippen LogP contribution is -2.57. The van der Waals surface area contributed by atoms with Gasteiger partial charge >= 0.3 is 0 Å². The van der Waals surface area contributed by atoms with Crippen molar-refractivity contribution in [2.45, 2.75) is 149 Å². The van der Waals surface area contributed by atoms with Crippen LogP contribution in [-0.4, -0.2) is 41.4 Å². The lowest BCUT2D eigenvalue weighted by Gasteiger charge is -2.62. The number of carbonyl (C=O) groups excluding carboxylic acids is 2. The van der Waals surface area contributed by atoms with Crippen LogP contribution < -0.4 is 0 Å². The van der Waals surface area contributed by atoms with Crippen molar-refractivity contribution < 1.29 is 14.7 Å². The third-order valence-electron chi connectivity index (χ3n) is 12.2. The fourth-order valence-electron chi connectivity index (χ4n) is 9.98. The molecule has 0 saturated heterocycles. The van der Waals surface area contributed by atoms with Crippen LogP contribution in [0.1, 0.15) is 143 Å². The first kappa shape index (κ1) is 30.1. The molecule has 0 radical (unpaired) electrons. The summed E-state index contributed by atoms with van der Waals surface area (Å²) >= 11 is 0. The summed E-state index contributed by atoms with van der Waals surface area (Å²) in [7, 11) is 1.95. The predicted octanol–water partition coefficient (Wildman–Crippen LogP) is 7.95. The molecule has 0 aliphatic heterocycles. The SMILES string of the molecule is CCCCN(C)C(=O)CCCCCCCCCC1C[C@]2(C)C(O)CC[C@H]2[C@@H]2CCC3CC(=O)CC[C@]3(C)[C@H]12. The fraction of sp³-hybridized carbons (Fsp3) is 0.941. The summed E-state index contributed by atoms with van der Waals surface area (Å²) in [6.07, 6.45) is 21.5. The van der Waals surface area contributed by atoms with Gasteiger partial charge in [0, 0.05) is 32.9 Å². The summed E-state index contributed by atoms with van der Waals surface area (Å²) in [4.78, 5) is 26.5. The molecule has 1 amide bonds. The minimum absolute atomic E-state index is 0.113. The number of carbonyl (C=O) groups is 2. The largest absolute Gasteiger partial charge is 0.393 e. The zero-order chi connectivity index (χ0) is 27.3. The Morgan fingerprint density at radius 3 is 2.39 bits per heavy atom. The maximum Gasteiger partial charge on any atom is 0.222 e. The maximum absolute atomic E-state index is 12.4. The van der Waals surface area contributed by atoms with E-state index in [0.29, 0.717) is 41.3 Å². The molecule has 4 saturated carbocycles. The molecule has 4 rings (SSSR count). The zero-order valence-electron chi connectivity index (χ0n) is 25.3. The minimum atomic E-state index is -0.118. The summed E-state index contributed by atoms with van der Waals surface area (Å²) in [5, 5.41) is 11.1. The van der Waals surface area contributed by atoms with Crippen LogP contribution in [0.15, 0.2) is 0 Å². The van der Waals surface area contributed by atoms with Gasteiger partial charge in [-0.25, -0.2) is 0 Å². The average molecular weight is 530 g/mol. The van der Waals surface area contributed by atoms with Crippen LogP contribution in [-0.2, 0) is 9.59 Å². The standard InChI is InChI=1S/C34H59NO3/c1-5-6-22-35(4)31(38)15-13-11-9-7-8-10-12-14-25-24-34(3)29(18-19-30(34)37)28-17-16-26-23-27(36)20-21-33(26,2)32(25)28/h25-26,28-30,32,37H,5-24H2,1-4H3/t25?,26?,28-,29-,30?,32+,33-,34-/m0/s1. The Hall–Kier alpha value is -0.900. The number of aliphatic hydroxyl groups is 1. The molecule has 4 aliphatic rings. The van der Waals surface area contributed by atoms with Gasteiger partial charge in [0.25, 0.3) is 0 Å². The van der Waals surface area contributed by atoms with Crippen LogP contribution >= 0.6 is 0 Å². The number of nitrogens with zero attached hydrogens (tertiary/aromatic N) is 1. The van der Waals surface area contributed by atoms with E-state index in [-0.39, 0.29) is 11.5 Å². The van der Waals surface area contributed by atoms with E-state index in [1.165, 1.54) is 70.6 Å². The summed E-state index contributed by atoms with van der Waals surface area (Å²) in [5.41, 5.74) is 0.444. The molecule has 4 aliphatic carbocycles. The summed E-state index contributed by atoms with van der Waals surface area (Å²) in [6, 6.07) is 0. The molecule has 4 fully saturated rings. The number of ketones is 1. The van der Waals surface area contributed by atoms with Crippen molar-refractivity contribution in [1.29, 1.82) is 0 Å². The Morgan fingerprint density at radius 2 is 1.66 bits per heavy atom. The van der Waals surface area contributed by atoms with Gasteiger partial charge in [0.2, 0.25) is 5.91 Å². The van der Waals surface area contributed by atoms with Crippen molar-refractivity contribution in [3.8, 4) is 0 Å². The van der Waals surface area contributed by atoms with Crippen molar-refractivity contribution in [2.24, 2.45) is 40.4 Å². The van der Waals surface area contributed by atoms with Gasteiger partial charge < -0.3 is 10.0 Å². The Kier molecular flexibility index (Phi) is 10.4. The molecule has 4 heteroatoms. The molecule has 218 valence electrons. The number of unbranched alkanes of at least 4 members (excludes halogenated alkanes) is 7. The van der Waals surface area contributed by atoms with Crippen LogP contribution in [0.2, 0.25) is 0 Å². The van der Waals surface area contributed by atoms with E-state index in [1.807, 2.05) is 11.9 Å². The monoisotopic (exact) mass is 529 g/mol. The Labute approximate surface area is 234 Å². The number of fused-ring (bicyclic) bond motifs is 5. The van der Waals surface area contributed by atoms with Gasteiger partial charge in [-0.1, -0.05) is 72.1 Å². The molecular formula is C34H59NO3. The Morgan fingerprint density at radius 1 is 0.947 bits per heavy atom. The van der Waals surface area contributed by atoms with E-state index in [0.717, 1.165) is 63.3 Å². The highest BCUT2D eigenvalue weighted by Gasteiger charge is 2.62.